The van der Waals surface area contributed by atoms with Gasteiger partial charge in [-0.15, -0.1) is 0 Å². The number of carbonyl (C=O) groups excluding carboxylic acids is 1. The number of amides is 1. The van der Waals surface area contributed by atoms with Crippen LogP contribution in [-0.4, -0.2) is 13.5 Å². The molecule has 1 aromatic carbocycles. The molecule has 68 valence electrons. The van der Waals surface area contributed by atoms with E-state index in [4.69, 9.17) is 5.53 Å². The van der Waals surface area contributed by atoms with Crippen molar-refractivity contribution in [1.29, 1.82) is 5.53 Å². The first-order chi connectivity index (χ1) is 6.19. The second-order valence-corrected chi connectivity index (χ2v) is 2.80. The summed E-state index contributed by atoms with van der Waals surface area (Å²) in [6.45, 7) is 1.86. The minimum Gasteiger partial charge on any atom is -0.318 e. The third-order valence-electron chi connectivity index (χ3n) is 1.87. The second kappa shape index (κ2) is 3.80. The monoisotopic (exact) mass is 177 g/mol. The molecule has 0 aliphatic heterocycles. The van der Waals surface area contributed by atoms with Crippen LogP contribution in [0.2, 0.25) is 0 Å². The molecule has 13 heavy (non-hydrogen) atoms. The summed E-state index contributed by atoms with van der Waals surface area (Å²) in [5, 5.41) is 3.34. The fraction of sp³-hybridized carbons (Fsp3) is 0.222. The molecule has 1 rings (SSSR count). The lowest BCUT2D eigenvalue weighted by molar-refractivity contribution is -0.107. The maximum Gasteiger partial charge on any atom is 0.213 e. The van der Waals surface area contributed by atoms with E-state index in [1.54, 1.807) is 19.2 Å². The molecule has 0 spiro atoms. The van der Waals surface area contributed by atoms with Gasteiger partial charge in [-0.05, 0) is 30.7 Å². The highest BCUT2D eigenvalue weighted by Crippen LogP contribution is 2.23. The van der Waals surface area contributed by atoms with Crippen LogP contribution < -0.4 is 4.90 Å². The Labute approximate surface area is 76.7 Å². The van der Waals surface area contributed by atoms with E-state index in [2.05, 4.69) is 5.11 Å². The predicted molar refractivity (Wildman–Crippen MR) is 50.5 cm³/mol. The molecule has 0 heterocycles. The highest BCUT2D eigenvalue weighted by Gasteiger charge is 2.01. The molecule has 1 amide bonds. The fourth-order valence-electron chi connectivity index (χ4n) is 1.05. The summed E-state index contributed by atoms with van der Waals surface area (Å²) in [5.74, 6) is 0. The summed E-state index contributed by atoms with van der Waals surface area (Å²) in [5.41, 5.74) is 9.17. The summed E-state index contributed by atoms with van der Waals surface area (Å²) in [6, 6.07) is 5.30. The molecule has 0 aliphatic carbocycles. The number of aryl methyl sites for hydroxylation is 1. The lowest BCUT2D eigenvalue weighted by Crippen LogP contribution is -2.13. The third kappa shape index (κ3) is 1.90. The van der Waals surface area contributed by atoms with E-state index in [0.29, 0.717) is 5.69 Å². The van der Waals surface area contributed by atoms with Crippen molar-refractivity contribution in [3.05, 3.63) is 23.8 Å². The van der Waals surface area contributed by atoms with Gasteiger partial charge in [-0.3, -0.25) is 4.79 Å². The van der Waals surface area contributed by atoms with Crippen LogP contribution >= 0.6 is 0 Å². The Morgan fingerprint density at radius 2 is 2.23 bits per heavy atom. The van der Waals surface area contributed by atoms with Crippen molar-refractivity contribution in [2.75, 3.05) is 11.9 Å². The first-order valence-corrected chi connectivity index (χ1v) is 3.85. The minimum atomic E-state index is 0.628. The van der Waals surface area contributed by atoms with E-state index < -0.39 is 0 Å². The number of carbonyl (C=O) groups is 1. The number of benzene rings is 1. The summed E-state index contributed by atoms with van der Waals surface area (Å²) in [7, 11) is 1.68. The number of nitrogens with zero attached hydrogens (tertiary/aromatic N) is 2. The van der Waals surface area contributed by atoms with E-state index >= 15 is 0 Å². The SMILES string of the molecule is Cc1cc(N(C)C=O)ccc1N=N. The number of hydrogen-bond donors (Lipinski definition) is 1. The summed E-state index contributed by atoms with van der Waals surface area (Å²) in [6.07, 6.45) is 0.742. The molecule has 0 saturated carbocycles. The maximum absolute atomic E-state index is 10.4. The van der Waals surface area contributed by atoms with Gasteiger partial charge in [0.2, 0.25) is 6.41 Å². The molecular formula is C9H11N3O. The lowest BCUT2D eigenvalue weighted by atomic mass is 10.2. The Balaban J connectivity index is 3.08. The Morgan fingerprint density at radius 3 is 2.69 bits per heavy atom. The van der Waals surface area contributed by atoms with Gasteiger partial charge in [0, 0.05) is 12.7 Å². The van der Waals surface area contributed by atoms with Crippen molar-refractivity contribution >= 4 is 17.8 Å². The molecule has 0 saturated heterocycles. The van der Waals surface area contributed by atoms with Gasteiger partial charge in [-0.2, -0.15) is 5.11 Å². The third-order valence-corrected chi connectivity index (χ3v) is 1.87. The highest BCUT2D eigenvalue weighted by molar-refractivity contribution is 5.75. The topological polar surface area (TPSA) is 56.5 Å². The molecule has 0 atom stereocenters. The van der Waals surface area contributed by atoms with Crippen molar-refractivity contribution in [2.45, 2.75) is 6.92 Å². The fourth-order valence-corrected chi connectivity index (χ4v) is 1.05. The molecule has 1 N–H and O–H groups in total. The zero-order valence-corrected chi connectivity index (χ0v) is 7.61. The van der Waals surface area contributed by atoms with Gasteiger partial charge in [0.05, 0.1) is 5.69 Å². The number of anilines is 1. The summed E-state index contributed by atoms with van der Waals surface area (Å²) in [4.78, 5) is 11.9. The van der Waals surface area contributed by atoms with Gasteiger partial charge in [0.1, 0.15) is 0 Å². The van der Waals surface area contributed by atoms with Crippen molar-refractivity contribution in [3.8, 4) is 0 Å². The van der Waals surface area contributed by atoms with Gasteiger partial charge in [0.25, 0.3) is 0 Å². The quantitative estimate of drug-likeness (QED) is 0.558. The van der Waals surface area contributed by atoms with Gasteiger partial charge < -0.3 is 4.90 Å². The average Bonchev–Trinajstić information content (AvgIpc) is 2.16. The van der Waals surface area contributed by atoms with Crippen LogP contribution in [0.25, 0.3) is 0 Å². The molecule has 0 unspecified atom stereocenters. The smallest absolute Gasteiger partial charge is 0.213 e. The van der Waals surface area contributed by atoms with Crippen LogP contribution in [-0.2, 0) is 4.79 Å². The van der Waals surface area contributed by atoms with Gasteiger partial charge in [-0.1, -0.05) is 0 Å². The molecule has 0 aliphatic rings. The molecule has 4 nitrogen and oxygen atoms in total. The lowest BCUT2D eigenvalue weighted by Gasteiger charge is -2.11. The van der Waals surface area contributed by atoms with Crippen molar-refractivity contribution in [2.24, 2.45) is 5.11 Å². The van der Waals surface area contributed by atoms with Crippen LogP contribution in [0.3, 0.4) is 0 Å². The minimum absolute atomic E-state index is 0.628. The van der Waals surface area contributed by atoms with Crippen LogP contribution in [0.5, 0.6) is 0 Å². The molecule has 0 radical (unpaired) electrons. The Kier molecular flexibility index (Phi) is 2.74. The first-order valence-electron chi connectivity index (χ1n) is 3.85. The Morgan fingerprint density at radius 1 is 1.54 bits per heavy atom. The van der Waals surface area contributed by atoms with Crippen LogP contribution in [0.4, 0.5) is 11.4 Å². The Hall–Kier alpha value is -1.71. The molecular weight excluding hydrogens is 166 g/mol. The van der Waals surface area contributed by atoms with Gasteiger partial charge in [0.15, 0.2) is 0 Å². The number of hydrogen-bond acceptors (Lipinski definition) is 3. The van der Waals surface area contributed by atoms with Crippen molar-refractivity contribution < 1.29 is 4.79 Å². The van der Waals surface area contributed by atoms with E-state index in [1.807, 2.05) is 13.0 Å². The van der Waals surface area contributed by atoms with Crippen LogP contribution in [0, 0.1) is 12.5 Å². The van der Waals surface area contributed by atoms with Crippen molar-refractivity contribution in [3.63, 3.8) is 0 Å². The first kappa shape index (κ1) is 9.38. The molecule has 0 aromatic heterocycles. The highest BCUT2D eigenvalue weighted by atomic mass is 16.1. The van der Waals surface area contributed by atoms with E-state index in [1.165, 1.54) is 4.90 Å². The maximum atomic E-state index is 10.4. The van der Waals surface area contributed by atoms with E-state index in [-0.39, 0.29) is 0 Å². The second-order valence-electron chi connectivity index (χ2n) is 2.80. The molecule has 0 bridgehead atoms. The summed E-state index contributed by atoms with van der Waals surface area (Å²) < 4.78 is 0. The van der Waals surface area contributed by atoms with E-state index in [0.717, 1.165) is 17.7 Å². The molecule has 1 aromatic rings. The zero-order valence-electron chi connectivity index (χ0n) is 7.61. The zero-order chi connectivity index (χ0) is 9.84. The normalized spacial score (nSPS) is 9.38. The molecule has 0 fully saturated rings. The average molecular weight is 177 g/mol. The predicted octanol–water partition coefficient (Wildman–Crippen LogP) is 2.25. The summed E-state index contributed by atoms with van der Waals surface area (Å²) >= 11 is 0. The van der Waals surface area contributed by atoms with Crippen LogP contribution in [0.1, 0.15) is 5.56 Å². The standard InChI is InChI=1S/C9H11N3O/c1-7-5-8(12(2)6-13)3-4-9(7)11-10/h3-6,10H,1-2H3. The van der Waals surface area contributed by atoms with Crippen molar-refractivity contribution in [1.82, 2.24) is 0 Å². The number of rotatable bonds is 3. The molecule has 4 heteroatoms. The Bertz CT molecular complexity index is 336. The van der Waals surface area contributed by atoms with Gasteiger partial charge >= 0.3 is 0 Å². The number of nitrogens with one attached hydrogen (secondary N) is 1. The largest absolute Gasteiger partial charge is 0.318 e. The van der Waals surface area contributed by atoms with Gasteiger partial charge in [-0.25, -0.2) is 5.53 Å². The van der Waals surface area contributed by atoms with E-state index in [9.17, 15) is 4.79 Å². The van der Waals surface area contributed by atoms with Crippen LogP contribution in [0.15, 0.2) is 23.3 Å².